The van der Waals surface area contributed by atoms with E-state index in [9.17, 15) is 9.65 Å². The van der Waals surface area contributed by atoms with Crippen molar-refractivity contribution in [2.45, 2.75) is 75.0 Å². The number of thiophene rings is 1. The van der Waals surface area contributed by atoms with Crippen molar-refractivity contribution in [2.75, 3.05) is 50.0 Å². The molecule has 14 heteroatoms. The highest BCUT2D eigenvalue weighted by atomic mass is 32.1. The molecule has 1 aliphatic carbocycles. The zero-order valence-electron chi connectivity index (χ0n) is 24.2. The standard InChI is InChI=1S/C29H35FN10O2S/c1-28(6-2-4-20-21(28)18(11-31)22(32)43-20)25-34-24(38-42-25)23-35-26(40-9-5-16-12-33-13-19(16)40)37-27(36-23)41-15-29-7-3-8-39(29)14-17(30)10-29/h16-17,19,33H,2-10,12-15,32H2,1H3/t16-,17-,19+,28+,29+/m1/s1. The molecule has 3 aromatic rings. The maximum absolute atomic E-state index is 14.4. The SMILES string of the molecule is C[C@]1(c2nc(-c3nc(OC[C@@]45CCCN4C[C@H](F)C5)nc(N4CC[C@@H]5CNC[C@@H]54)n3)no2)CCCc2sc(N)c(C#N)c21. The first kappa shape index (κ1) is 27.2. The fourth-order valence-electron chi connectivity index (χ4n) is 8.23. The molecule has 0 spiro atoms. The lowest BCUT2D eigenvalue weighted by atomic mass is 9.72. The van der Waals surface area contributed by atoms with Crippen LogP contribution in [0.3, 0.4) is 0 Å². The van der Waals surface area contributed by atoms with Gasteiger partial charge in [0.1, 0.15) is 23.8 Å². The molecule has 3 N–H and O–H groups in total. The van der Waals surface area contributed by atoms with Crippen LogP contribution >= 0.6 is 11.3 Å². The van der Waals surface area contributed by atoms with Crippen molar-refractivity contribution in [3.05, 3.63) is 21.9 Å². The van der Waals surface area contributed by atoms with Crippen LogP contribution in [0.2, 0.25) is 0 Å². The molecule has 8 rings (SSSR count). The van der Waals surface area contributed by atoms with E-state index in [0.29, 0.717) is 53.9 Å². The molecule has 3 aromatic heterocycles. The smallest absolute Gasteiger partial charge is 0.321 e. The number of hydrogen-bond acceptors (Lipinski definition) is 13. The summed E-state index contributed by atoms with van der Waals surface area (Å²) in [7, 11) is 0. The molecule has 4 saturated heterocycles. The second-order valence-corrected chi connectivity index (χ2v) is 14.1. The van der Waals surface area contributed by atoms with Crippen LogP contribution in [0.4, 0.5) is 15.3 Å². The summed E-state index contributed by atoms with van der Waals surface area (Å²) in [5.74, 6) is 1.99. The number of nitriles is 1. The average molecular weight is 607 g/mol. The number of nitrogens with zero attached hydrogens (tertiary/aromatic N) is 8. The summed E-state index contributed by atoms with van der Waals surface area (Å²) in [4.78, 5) is 24.6. The number of aromatic nitrogens is 5. The maximum Gasteiger partial charge on any atom is 0.321 e. The van der Waals surface area contributed by atoms with Gasteiger partial charge in [-0.2, -0.15) is 25.2 Å². The number of alkyl halides is 1. The Morgan fingerprint density at radius 2 is 2.09 bits per heavy atom. The number of ether oxygens (including phenoxy) is 1. The van der Waals surface area contributed by atoms with Gasteiger partial charge in [0, 0.05) is 49.1 Å². The van der Waals surface area contributed by atoms with Crippen molar-refractivity contribution in [1.82, 2.24) is 35.3 Å². The zero-order valence-corrected chi connectivity index (χ0v) is 25.0. The molecule has 0 unspecified atom stereocenters. The molecular formula is C29H35FN10O2S. The minimum absolute atomic E-state index is 0.188. The van der Waals surface area contributed by atoms with Crippen molar-refractivity contribution in [3.8, 4) is 23.7 Å². The summed E-state index contributed by atoms with van der Waals surface area (Å²) in [5, 5.41) is 18.2. The van der Waals surface area contributed by atoms with Gasteiger partial charge in [0.25, 0.3) is 0 Å². The normalized spacial score (nSPS) is 31.7. The van der Waals surface area contributed by atoms with Crippen molar-refractivity contribution in [1.29, 1.82) is 5.26 Å². The quantitative estimate of drug-likeness (QED) is 0.424. The van der Waals surface area contributed by atoms with Crippen LogP contribution in [-0.2, 0) is 11.8 Å². The molecule has 0 radical (unpaired) electrons. The molecule has 5 atom stereocenters. The average Bonchev–Trinajstić information content (AvgIpc) is 3.81. The fraction of sp³-hybridized carbons (Fsp3) is 0.655. The summed E-state index contributed by atoms with van der Waals surface area (Å²) in [6.45, 7) is 6.39. The van der Waals surface area contributed by atoms with E-state index in [2.05, 4.69) is 31.3 Å². The largest absolute Gasteiger partial charge is 0.461 e. The Bertz CT molecular complexity index is 1610. The summed E-state index contributed by atoms with van der Waals surface area (Å²) >= 11 is 1.47. The Balaban J connectivity index is 1.15. The van der Waals surface area contributed by atoms with E-state index in [-0.39, 0.29) is 23.2 Å². The first-order chi connectivity index (χ1) is 20.9. The van der Waals surface area contributed by atoms with Gasteiger partial charge >= 0.3 is 6.01 Å². The van der Waals surface area contributed by atoms with E-state index in [4.69, 9.17) is 29.9 Å². The van der Waals surface area contributed by atoms with E-state index in [1.165, 1.54) is 11.3 Å². The predicted molar refractivity (Wildman–Crippen MR) is 157 cm³/mol. The first-order valence-corrected chi connectivity index (χ1v) is 16.1. The highest BCUT2D eigenvalue weighted by Gasteiger charge is 2.50. The van der Waals surface area contributed by atoms with Gasteiger partial charge in [-0.3, -0.25) is 4.90 Å². The summed E-state index contributed by atoms with van der Waals surface area (Å²) in [6, 6.07) is 2.78. The predicted octanol–water partition coefficient (Wildman–Crippen LogP) is 2.83. The van der Waals surface area contributed by atoms with Crippen LogP contribution in [0.5, 0.6) is 6.01 Å². The molecule has 4 aliphatic heterocycles. The van der Waals surface area contributed by atoms with Crippen molar-refractivity contribution in [2.24, 2.45) is 5.92 Å². The van der Waals surface area contributed by atoms with Crippen molar-refractivity contribution < 1.29 is 13.7 Å². The van der Waals surface area contributed by atoms with Gasteiger partial charge in [-0.05, 0) is 57.9 Å². The fourth-order valence-corrected chi connectivity index (χ4v) is 9.42. The van der Waals surface area contributed by atoms with Crippen LogP contribution in [0, 0.1) is 17.2 Å². The molecule has 12 nitrogen and oxygen atoms in total. The number of rotatable bonds is 6. The van der Waals surface area contributed by atoms with Gasteiger partial charge in [0.2, 0.25) is 23.5 Å². The van der Waals surface area contributed by atoms with Gasteiger partial charge in [-0.25, -0.2) is 4.39 Å². The number of nitrogen functional groups attached to an aromatic ring is 1. The number of fused-ring (bicyclic) bond motifs is 3. The number of halogens is 1. The molecule has 0 saturated carbocycles. The third kappa shape index (κ3) is 4.30. The first-order valence-electron chi connectivity index (χ1n) is 15.3. The lowest BCUT2D eigenvalue weighted by molar-refractivity contribution is 0.107. The number of aryl methyl sites for hydroxylation is 1. The molecule has 226 valence electrons. The molecule has 0 amide bonds. The highest BCUT2D eigenvalue weighted by Crippen LogP contribution is 2.48. The monoisotopic (exact) mass is 606 g/mol. The maximum atomic E-state index is 14.4. The minimum atomic E-state index is -0.843. The van der Waals surface area contributed by atoms with E-state index in [1.807, 2.05) is 6.92 Å². The van der Waals surface area contributed by atoms with Gasteiger partial charge in [0.05, 0.1) is 16.5 Å². The van der Waals surface area contributed by atoms with Gasteiger partial charge in [0.15, 0.2) is 0 Å². The highest BCUT2D eigenvalue weighted by molar-refractivity contribution is 7.16. The van der Waals surface area contributed by atoms with E-state index in [1.54, 1.807) is 0 Å². The van der Waals surface area contributed by atoms with E-state index in [0.717, 1.165) is 75.1 Å². The van der Waals surface area contributed by atoms with E-state index < -0.39 is 11.6 Å². The van der Waals surface area contributed by atoms with Crippen molar-refractivity contribution in [3.63, 3.8) is 0 Å². The number of nitrogens with one attached hydrogen (secondary N) is 1. The molecule has 43 heavy (non-hydrogen) atoms. The molecule has 7 heterocycles. The minimum Gasteiger partial charge on any atom is -0.461 e. The number of anilines is 2. The second-order valence-electron chi connectivity index (χ2n) is 12.9. The van der Waals surface area contributed by atoms with Crippen LogP contribution in [-0.4, -0.2) is 87.1 Å². The topological polar surface area (TPSA) is 155 Å². The Morgan fingerprint density at radius 1 is 1.19 bits per heavy atom. The zero-order chi connectivity index (χ0) is 29.3. The van der Waals surface area contributed by atoms with Crippen LogP contribution < -0.4 is 20.7 Å². The molecular weight excluding hydrogens is 571 g/mol. The number of hydrogen-bond donors (Lipinski definition) is 2. The Morgan fingerprint density at radius 3 is 2.98 bits per heavy atom. The van der Waals surface area contributed by atoms with Crippen LogP contribution in [0.15, 0.2) is 4.52 Å². The van der Waals surface area contributed by atoms with Gasteiger partial charge in [-0.1, -0.05) is 5.16 Å². The van der Waals surface area contributed by atoms with Gasteiger partial charge in [-0.15, -0.1) is 11.3 Å². The Hall–Kier alpha value is -3.41. The number of nitrogens with two attached hydrogens (primary N) is 1. The van der Waals surface area contributed by atoms with E-state index >= 15 is 0 Å². The van der Waals surface area contributed by atoms with Crippen LogP contribution in [0.25, 0.3) is 11.6 Å². The molecule has 0 aromatic carbocycles. The van der Waals surface area contributed by atoms with Crippen LogP contribution in [0.1, 0.15) is 67.3 Å². The lowest BCUT2D eigenvalue weighted by Crippen LogP contribution is -2.43. The molecule has 0 bridgehead atoms. The third-order valence-corrected chi connectivity index (χ3v) is 11.5. The van der Waals surface area contributed by atoms with Crippen molar-refractivity contribution >= 4 is 22.3 Å². The van der Waals surface area contributed by atoms with Gasteiger partial charge < -0.3 is 25.2 Å². The molecule has 4 fully saturated rings. The third-order valence-electron chi connectivity index (χ3n) is 10.4. The lowest BCUT2D eigenvalue weighted by Gasteiger charge is -2.31. The molecule has 5 aliphatic rings. The summed E-state index contributed by atoms with van der Waals surface area (Å²) in [5.41, 5.74) is 6.63. The summed E-state index contributed by atoms with van der Waals surface area (Å²) in [6.07, 6.45) is 5.15. The Kier molecular flexibility index (Phi) is 6.36. The Labute approximate surface area is 252 Å². The second kappa shape index (κ2) is 10.1. The summed E-state index contributed by atoms with van der Waals surface area (Å²) < 4.78 is 26.6.